The van der Waals surface area contributed by atoms with Crippen molar-refractivity contribution in [1.82, 2.24) is 10.2 Å². The van der Waals surface area contributed by atoms with E-state index in [1.807, 2.05) is 18.4 Å². The second-order valence-corrected chi connectivity index (χ2v) is 5.28. The van der Waals surface area contributed by atoms with E-state index in [4.69, 9.17) is 0 Å². The summed E-state index contributed by atoms with van der Waals surface area (Å²) in [4.78, 5) is 4.10. The molecule has 15 heavy (non-hydrogen) atoms. The highest BCUT2D eigenvalue weighted by atomic mass is 32.1. The Morgan fingerprint density at radius 2 is 2.13 bits per heavy atom. The van der Waals surface area contributed by atoms with Crippen LogP contribution in [-0.2, 0) is 13.1 Å². The van der Waals surface area contributed by atoms with E-state index >= 15 is 0 Å². The second kappa shape index (κ2) is 5.64. The molecular formula is C12H20N2S. The summed E-state index contributed by atoms with van der Waals surface area (Å²) >= 11 is 1.90. The molecule has 3 heteroatoms. The summed E-state index contributed by atoms with van der Waals surface area (Å²) in [7, 11) is 2.00. The summed E-state index contributed by atoms with van der Waals surface area (Å²) in [6, 6.07) is 2.34. The van der Waals surface area contributed by atoms with Crippen LogP contribution in [0.3, 0.4) is 0 Å². The number of piperidine rings is 1. The summed E-state index contributed by atoms with van der Waals surface area (Å²) < 4.78 is 0. The van der Waals surface area contributed by atoms with E-state index in [-0.39, 0.29) is 0 Å². The molecule has 0 atom stereocenters. The van der Waals surface area contributed by atoms with Crippen LogP contribution in [0.25, 0.3) is 0 Å². The van der Waals surface area contributed by atoms with Crippen LogP contribution in [0.4, 0.5) is 0 Å². The van der Waals surface area contributed by atoms with Gasteiger partial charge in [-0.15, -0.1) is 11.3 Å². The van der Waals surface area contributed by atoms with Gasteiger partial charge in [-0.3, -0.25) is 4.90 Å². The Labute approximate surface area is 96.3 Å². The Morgan fingerprint density at radius 3 is 2.87 bits per heavy atom. The quantitative estimate of drug-likeness (QED) is 0.845. The van der Waals surface area contributed by atoms with Gasteiger partial charge in [0, 0.05) is 18.0 Å². The van der Waals surface area contributed by atoms with Gasteiger partial charge in [0.15, 0.2) is 0 Å². The Balaban J connectivity index is 1.86. The Kier molecular flexibility index (Phi) is 4.18. The molecule has 1 fully saturated rings. The molecule has 1 aliphatic heterocycles. The number of likely N-dealkylation sites (tertiary alicyclic amines) is 1. The van der Waals surface area contributed by atoms with Crippen LogP contribution in [0.2, 0.25) is 0 Å². The van der Waals surface area contributed by atoms with Crippen LogP contribution in [-0.4, -0.2) is 25.0 Å². The summed E-state index contributed by atoms with van der Waals surface area (Å²) in [5.74, 6) is 0. The van der Waals surface area contributed by atoms with Gasteiger partial charge >= 0.3 is 0 Å². The van der Waals surface area contributed by atoms with E-state index in [9.17, 15) is 0 Å². The lowest BCUT2D eigenvalue weighted by Gasteiger charge is -2.25. The summed E-state index contributed by atoms with van der Waals surface area (Å²) in [5.41, 5.74) is 1.43. The van der Waals surface area contributed by atoms with Gasteiger partial charge < -0.3 is 5.32 Å². The molecule has 1 N–H and O–H groups in total. The van der Waals surface area contributed by atoms with Crippen LogP contribution in [0.5, 0.6) is 0 Å². The van der Waals surface area contributed by atoms with Crippen molar-refractivity contribution < 1.29 is 0 Å². The maximum Gasteiger partial charge on any atom is 0.0328 e. The molecule has 84 valence electrons. The lowest BCUT2D eigenvalue weighted by molar-refractivity contribution is 0.222. The topological polar surface area (TPSA) is 15.3 Å². The Hall–Kier alpha value is -0.380. The molecule has 0 saturated carbocycles. The fourth-order valence-corrected chi connectivity index (χ4v) is 3.07. The second-order valence-electron chi connectivity index (χ2n) is 4.29. The lowest BCUT2D eigenvalue weighted by Crippen LogP contribution is -2.28. The van der Waals surface area contributed by atoms with Gasteiger partial charge in [0.05, 0.1) is 0 Å². The smallest absolute Gasteiger partial charge is 0.0328 e. The van der Waals surface area contributed by atoms with E-state index in [1.54, 1.807) is 0 Å². The van der Waals surface area contributed by atoms with Gasteiger partial charge in [-0.25, -0.2) is 0 Å². The predicted octanol–water partition coefficient (Wildman–Crippen LogP) is 2.45. The Morgan fingerprint density at radius 1 is 1.33 bits per heavy atom. The molecular weight excluding hydrogens is 204 g/mol. The molecule has 0 aliphatic carbocycles. The molecule has 0 amide bonds. The first-order valence-electron chi connectivity index (χ1n) is 5.82. The summed E-state index contributed by atoms with van der Waals surface area (Å²) in [6.07, 6.45) is 4.19. The largest absolute Gasteiger partial charge is 0.316 e. The zero-order chi connectivity index (χ0) is 10.5. The molecule has 0 radical (unpaired) electrons. The third-order valence-electron chi connectivity index (χ3n) is 2.92. The van der Waals surface area contributed by atoms with E-state index < -0.39 is 0 Å². The minimum atomic E-state index is 0.997. The number of nitrogens with one attached hydrogen (secondary N) is 1. The molecule has 1 aliphatic rings. The average Bonchev–Trinajstić information content (AvgIpc) is 2.68. The molecule has 0 unspecified atom stereocenters. The third kappa shape index (κ3) is 3.30. The highest BCUT2D eigenvalue weighted by molar-refractivity contribution is 7.10. The zero-order valence-electron chi connectivity index (χ0n) is 9.46. The van der Waals surface area contributed by atoms with E-state index in [0.29, 0.717) is 0 Å². The van der Waals surface area contributed by atoms with Crippen molar-refractivity contribution in [1.29, 1.82) is 0 Å². The van der Waals surface area contributed by atoms with E-state index in [2.05, 4.69) is 21.7 Å². The average molecular weight is 224 g/mol. The predicted molar refractivity (Wildman–Crippen MR) is 66.2 cm³/mol. The molecule has 2 heterocycles. The van der Waals surface area contributed by atoms with E-state index in [1.165, 1.54) is 42.8 Å². The number of hydrogen-bond donors (Lipinski definition) is 1. The third-order valence-corrected chi connectivity index (χ3v) is 3.89. The fourth-order valence-electron chi connectivity index (χ4n) is 2.14. The molecule has 2 nitrogen and oxygen atoms in total. The Bertz CT molecular complexity index is 290. The molecule has 1 saturated heterocycles. The van der Waals surface area contributed by atoms with Gasteiger partial charge in [0.2, 0.25) is 0 Å². The first kappa shape index (κ1) is 11.1. The lowest BCUT2D eigenvalue weighted by atomic mass is 10.1. The normalized spacial score (nSPS) is 18.2. The van der Waals surface area contributed by atoms with Gasteiger partial charge in [-0.2, -0.15) is 0 Å². The number of rotatable bonds is 4. The molecule has 1 aromatic heterocycles. The van der Waals surface area contributed by atoms with Crippen molar-refractivity contribution in [3.05, 3.63) is 21.9 Å². The maximum atomic E-state index is 3.19. The van der Waals surface area contributed by atoms with Gasteiger partial charge in [0.25, 0.3) is 0 Å². The van der Waals surface area contributed by atoms with Gasteiger partial charge in [-0.1, -0.05) is 6.42 Å². The fraction of sp³-hybridized carbons (Fsp3) is 0.667. The first-order valence-corrected chi connectivity index (χ1v) is 6.69. The number of thiophene rings is 1. The number of hydrogen-bond acceptors (Lipinski definition) is 3. The van der Waals surface area contributed by atoms with Gasteiger partial charge in [-0.05, 0) is 50.0 Å². The van der Waals surface area contributed by atoms with Crippen LogP contribution in [0.15, 0.2) is 11.4 Å². The van der Waals surface area contributed by atoms with Crippen LogP contribution in [0, 0.1) is 0 Å². The summed E-state index contributed by atoms with van der Waals surface area (Å²) in [5, 5.41) is 5.47. The highest BCUT2D eigenvalue weighted by Gasteiger charge is 2.11. The van der Waals surface area contributed by atoms with Crippen LogP contribution in [0.1, 0.15) is 29.7 Å². The first-order chi connectivity index (χ1) is 7.38. The van der Waals surface area contributed by atoms with Crippen molar-refractivity contribution in [2.24, 2.45) is 0 Å². The van der Waals surface area contributed by atoms with E-state index in [0.717, 1.165) is 13.1 Å². The summed E-state index contributed by atoms with van der Waals surface area (Å²) in [6.45, 7) is 4.74. The van der Waals surface area contributed by atoms with Crippen molar-refractivity contribution in [3.8, 4) is 0 Å². The van der Waals surface area contributed by atoms with Crippen molar-refractivity contribution in [3.63, 3.8) is 0 Å². The van der Waals surface area contributed by atoms with Gasteiger partial charge in [0.1, 0.15) is 0 Å². The standard InChI is InChI=1S/C12H20N2S/c1-13-8-11-7-12(15-10-11)9-14-5-3-2-4-6-14/h7,10,13H,2-6,8-9H2,1H3. The molecule has 1 aromatic rings. The molecule has 0 aromatic carbocycles. The van der Waals surface area contributed by atoms with Crippen molar-refractivity contribution >= 4 is 11.3 Å². The SMILES string of the molecule is CNCc1csc(CN2CCCCC2)c1. The van der Waals surface area contributed by atoms with Crippen molar-refractivity contribution in [2.45, 2.75) is 32.4 Å². The molecule has 2 rings (SSSR count). The minimum Gasteiger partial charge on any atom is -0.316 e. The van der Waals surface area contributed by atoms with Crippen LogP contribution >= 0.6 is 11.3 Å². The maximum absolute atomic E-state index is 3.19. The molecule has 0 bridgehead atoms. The minimum absolute atomic E-state index is 0.997. The molecule has 0 spiro atoms. The van der Waals surface area contributed by atoms with Crippen LogP contribution < -0.4 is 5.32 Å². The highest BCUT2D eigenvalue weighted by Crippen LogP contribution is 2.19. The number of nitrogens with zero attached hydrogens (tertiary/aromatic N) is 1. The van der Waals surface area contributed by atoms with Crippen molar-refractivity contribution in [2.75, 3.05) is 20.1 Å². The zero-order valence-corrected chi connectivity index (χ0v) is 10.3. The monoisotopic (exact) mass is 224 g/mol.